The summed E-state index contributed by atoms with van der Waals surface area (Å²) in [6, 6.07) is -0.711. The Balaban J connectivity index is 4.57. The minimum Gasteiger partial charge on any atom is -0.462 e. The van der Waals surface area contributed by atoms with Gasteiger partial charge in [-0.3, -0.25) is 9.59 Å². The summed E-state index contributed by atoms with van der Waals surface area (Å²) >= 11 is 0. The van der Waals surface area contributed by atoms with E-state index in [2.05, 4.69) is 68.6 Å². The van der Waals surface area contributed by atoms with Crippen LogP contribution in [0.3, 0.4) is 0 Å². The Bertz CT molecular complexity index is 1170. The van der Waals surface area contributed by atoms with Crippen LogP contribution in [0.4, 0.5) is 0 Å². The molecule has 0 aromatic carbocycles. The highest BCUT2D eigenvalue weighted by atomic mass is 16.5. The Labute approximate surface area is 409 Å². The molecular formula is C60H109NO5. The highest BCUT2D eigenvalue weighted by molar-refractivity contribution is 5.77. The molecule has 0 aromatic heterocycles. The predicted octanol–water partition coefficient (Wildman–Crippen LogP) is 17.6. The topological polar surface area (TPSA) is 95.9 Å². The molecule has 3 N–H and O–H groups in total. The second-order valence-corrected chi connectivity index (χ2v) is 19.4. The molecule has 3 atom stereocenters. The lowest BCUT2D eigenvalue weighted by Crippen LogP contribution is -2.46. The summed E-state index contributed by atoms with van der Waals surface area (Å²) in [6.07, 6.45) is 67.1. The number of rotatable bonds is 51. The second kappa shape index (κ2) is 53.5. The molecule has 0 rings (SSSR count). The van der Waals surface area contributed by atoms with Crippen LogP contribution in [-0.4, -0.2) is 46.9 Å². The summed E-state index contributed by atoms with van der Waals surface area (Å²) in [5, 5.41) is 23.9. The van der Waals surface area contributed by atoms with Crippen LogP contribution in [0.5, 0.6) is 0 Å². The number of esters is 1. The summed E-state index contributed by atoms with van der Waals surface area (Å²) in [5.74, 6) is -0.502. The molecule has 66 heavy (non-hydrogen) atoms. The van der Waals surface area contributed by atoms with Gasteiger partial charge in [-0.15, -0.1) is 0 Å². The molecule has 384 valence electrons. The third-order valence-electron chi connectivity index (χ3n) is 12.9. The first-order chi connectivity index (χ1) is 32.5. The molecule has 0 saturated heterocycles. The predicted molar refractivity (Wildman–Crippen MR) is 287 cm³/mol. The fourth-order valence-corrected chi connectivity index (χ4v) is 8.61. The highest BCUT2D eigenvalue weighted by Gasteiger charge is 2.24. The molecule has 6 heteroatoms. The van der Waals surface area contributed by atoms with E-state index in [0.29, 0.717) is 19.3 Å². The second-order valence-electron chi connectivity index (χ2n) is 19.4. The highest BCUT2D eigenvalue weighted by Crippen LogP contribution is 2.18. The van der Waals surface area contributed by atoms with E-state index in [1.54, 1.807) is 0 Å². The molecule has 0 heterocycles. The number of unbranched alkanes of at least 4 members (excludes halogenated alkanes) is 32. The van der Waals surface area contributed by atoms with Crippen molar-refractivity contribution in [1.82, 2.24) is 5.32 Å². The molecule has 0 aliphatic carbocycles. The number of carbonyl (C=O) groups excluding carboxylic acids is 2. The first kappa shape index (κ1) is 63.6. The molecule has 0 fully saturated rings. The molecule has 3 unspecified atom stereocenters. The first-order valence-electron chi connectivity index (χ1n) is 28.6. The van der Waals surface area contributed by atoms with Crippen LogP contribution in [0.1, 0.15) is 284 Å². The van der Waals surface area contributed by atoms with Gasteiger partial charge in [-0.1, -0.05) is 261 Å². The molecular weight excluding hydrogens is 815 g/mol. The standard InChI is InChI=1S/C60H109NO5/c1-4-7-10-13-16-19-22-25-28-29-32-34-37-40-43-46-49-52-58(63)57(55-62)61-59(64)54-56(51-48-45-42-39-36-33-30-26-23-20-17-14-11-8-5-2)66-60(65)53-50-47-44-41-38-35-31-27-24-21-18-15-12-9-6-3/h9,12,15,18,21,24,26-27,30-31,56-58,62-63H,4-8,10-11,13-14,16-17,19-20,22-23,25,28-29,32-55H2,1-3H3,(H,61,64)/b12-9+,18-15+,24-21+,30-26+,31-27-. The maximum Gasteiger partial charge on any atom is 0.306 e. The SMILES string of the molecule is CC/C=C/C=C/C=C/C=C\CCCCCCCC(=O)OC(CCCCCCC/C=C/CCCCCCCC)CC(=O)NC(CO)C(O)CCCCCCCCCCCCCCCCCCC. The van der Waals surface area contributed by atoms with Crippen LogP contribution in [-0.2, 0) is 14.3 Å². The average Bonchev–Trinajstić information content (AvgIpc) is 3.31. The van der Waals surface area contributed by atoms with E-state index in [1.165, 1.54) is 148 Å². The number of aliphatic hydroxyl groups excluding tert-OH is 2. The van der Waals surface area contributed by atoms with Crippen LogP contribution in [0.15, 0.2) is 60.8 Å². The van der Waals surface area contributed by atoms with Crippen LogP contribution < -0.4 is 5.32 Å². The van der Waals surface area contributed by atoms with E-state index in [-0.39, 0.29) is 24.9 Å². The van der Waals surface area contributed by atoms with Gasteiger partial charge in [0.25, 0.3) is 0 Å². The third-order valence-corrected chi connectivity index (χ3v) is 12.9. The van der Waals surface area contributed by atoms with E-state index >= 15 is 0 Å². The van der Waals surface area contributed by atoms with E-state index in [0.717, 1.165) is 89.9 Å². The average molecular weight is 925 g/mol. The van der Waals surface area contributed by atoms with Crippen molar-refractivity contribution in [2.45, 2.75) is 302 Å². The van der Waals surface area contributed by atoms with Gasteiger partial charge in [-0.2, -0.15) is 0 Å². The number of hydrogen-bond donors (Lipinski definition) is 3. The summed E-state index contributed by atoms with van der Waals surface area (Å²) in [5.41, 5.74) is 0. The molecule has 1 amide bonds. The van der Waals surface area contributed by atoms with Gasteiger partial charge >= 0.3 is 5.97 Å². The van der Waals surface area contributed by atoms with Gasteiger partial charge in [0.15, 0.2) is 0 Å². The zero-order valence-corrected chi connectivity index (χ0v) is 43.8. The summed E-state index contributed by atoms with van der Waals surface area (Å²) in [7, 11) is 0. The lowest BCUT2D eigenvalue weighted by atomic mass is 10.0. The smallest absolute Gasteiger partial charge is 0.306 e. The van der Waals surface area contributed by atoms with Crippen molar-refractivity contribution in [1.29, 1.82) is 0 Å². The maximum absolute atomic E-state index is 13.3. The van der Waals surface area contributed by atoms with Gasteiger partial charge in [-0.25, -0.2) is 0 Å². The fraction of sp³-hybridized carbons (Fsp3) is 0.800. The Morgan fingerprint density at radius 2 is 0.833 bits per heavy atom. The molecule has 0 bridgehead atoms. The third kappa shape index (κ3) is 48.0. The van der Waals surface area contributed by atoms with Gasteiger partial charge in [0, 0.05) is 6.42 Å². The van der Waals surface area contributed by atoms with Crippen molar-refractivity contribution in [2.24, 2.45) is 0 Å². The van der Waals surface area contributed by atoms with Gasteiger partial charge < -0.3 is 20.3 Å². The van der Waals surface area contributed by atoms with Crippen molar-refractivity contribution in [3.05, 3.63) is 60.8 Å². The number of nitrogens with one attached hydrogen (secondary N) is 1. The van der Waals surface area contributed by atoms with Gasteiger partial charge in [0.05, 0.1) is 25.2 Å². The van der Waals surface area contributed by atoms with Gasteiger partial charge in [0.2, 0.25) is 5.91 Å². The van der Waals surface area contributed by atoms with Crippen molar-refractivity contribution in [3.8, 4) is 0 Å². The van der Waals surface area contributed by atoms with Gasteiger partial charge in [0.1, 0.15) is 6.10 Å². The molecule has 0 aromatic rings. The first-order valence-corrected chi connectivity index (χ1v) is 28.6. The maximum atomic E-state index is 13.3. The zero-order chi connectivity index (χ0) is 48.1. The summed E-state index contributed by atoms with van der Waals surface area (Å²) < 4.78 is 5.94. The normalized spacial score (nSPS) is 13.6. The van der Waals surface area contributed by atoms with E-state index in [9.17, 15) is 19.8 Å². The summed E-state index contributed by atoms with van der Waals surface area (Å²) in [6.45, 7) is 6.36. The molecule has 6 nitrogen and oxygen atoms in total. The van der Waals surface area contributed by atoms with Crippen molar-refractivity contribution < 1.29 is 24.5 Å². The number of amides is 1. The van der Waals surface area contributed by atoms with Crippen LogP contribution in [0.25, 0.3) is 0 Å². The van der Waals surface area contributed by atoms with Gasteiger partial charge in [-0.05, 0) is 70.6 Å². The number of allylic oxidation sites excluding steroid dienone is 10. The van der Waals surface area contributed by atoms with E-state index < -0.39 is 18.2 Å². The Hall–Kier alpha value is -2.44. The zero-order valence-electron chi connectivity index (χ0n) is 43.8. The Morgan fingerprint density at radius 1 is 0.455 bits per heavy atom. The quantitative estimate of drug-likeness (QED) is 0.0244. The number of ether oxygens (including phenoxy) is 1. The van der Waals surface area contributed by atoms with E-state index in [4.69, 9.17) is 4.74 Å². The van der Waals surface area contributed by atoms with E-state index in [1.807, 2.05) is 18.2 Å². The molecule has 0 aliphatic rings. The number of aliphatic hydroxyl groups is 2. The largest absolute Gasteiger partial charge is 0.462 e. The fourth-order valence-electron chi connectivity index (χ4n) is 8.61. The molecule has 0 spiro atoms. The van der Waals surface area contributed by atoms with Crippen molar-refractivity contribution in [2.75, 3.05) is 6.61 Å². The lowest BCUT2D eigenvalue weighted by molar-refractivity contribution is -0.151. The Morgan fingerprint density at radius 3 is 1.29 bits per heavy atom. The Kier molecular flexibility index (Phi) is 51.5. The van der Waals surface area contributed by atoms with Crippen LogP contribution in [0, 0.1) is 0 Å². The van der Waals surface area contributed by atoms with Crippen LogP contribution >= 0.6 is 0 Å². The molecule has 0 saturated carbocycles. The van der Waals surface area contributed by atoms with Crippen molar-refractivity contribution >= 4 is 11.9 Å². The minimum absolute atomic E-state index is 0.0619. The number of carbonyl (C=O) groups is 2. The van der Waals surface area contributed by atoms with Crippen LogP contribution in [0.2, 0.25) is 0 Å². The molecule has 0 aliphatic heterocycles. The lowest BCUT2D eigenvalue weighted by Gasteiger charge is -2.24. The summed E-state index contributed by atoms with van der Waals surface area (Å²) in [4.78, 5) is 26.3. The van der Waals surface area contributed by atoms with Crippen molar-refractivity contribution in [3.63, 3.8) is 0 Å². The molecule has 0 radical (unpaired) electrons. The monoisotopic (exact) mass is 924 g/mol. The number of hydrogen-bond acceptors (Lipinski definition) is 5. The minimum atomic E-state index is -0.796.